The molecule has 0 saturated heterocycles. The van der Waals surface area contributed by atoms with Gasteiger partial charge in [-0.05, 0) is 12.5 Å². The molecule has 1 heteroatoms. The molecule has 1 rings (SSSR count). The van der Waals surface area contributed by atoms with Gasteiger partial charge in [-0.15, -0.1) is 0 Å². The van der Waals surface area contributed by atoms with Crippen molar-refractivity contribution in [3.05, 3.63) is 36.4 Å². The van der Waals surface area contributed by atoms with Gasteiger partial charge in [-0.25, -0.2) is 0 Å². The van der Waals surface area contributed by atoms with Crippen LogP contribution in [0.4, 0.5) is 0 Å². The summed E-state index contributed by atoms with van der Waals surface area (Å²) in [4.78, 5) is 0. The molecular formula is C11H14O. The lowest BCUT2D eigenvalue weighted by molar-refractivity contribution is 0.317. The molecule has 0 spiro atoms. The minimum Gasteiger partial charge on any atom is -0.493 e. The lowest BCUT2D eigenvalue weighted by atomic mass is 10.2. The van der Waals surface area contributed by atoms with E-state index in [0.717, 1.165) is 24.3 Å². The van der Waals surface area contributed by atoms with Gasteiger partial charge in [0.2, 0.25) is 0 Å². The quantitative estimate of drug-likeness (QED) is 0.661. The molecule has 0 aliphatic rings. The first-order chi connectivity index (χ1) is 5.88. The zero-order chi connectivity index (χ0) is 8.81. The van der Waals surface area contributed by atoms with Crippen LogP contribution in [0.5, 0.6) is 5.75 Å². The predicted octanol–water partition coefficient (Wildman–Crippen LogP) is 3.12. The maximum absolute atomic E-state index is 5.51. The predicted molar refractivity (Wildman–Crippen MR) is 52.3 cm³/mol. The molecule has 0 radical (unpaired) electrons. The second kappa shape index (κ2) is 4.60. The summed E-state index contributed by atoms with van der Waals surface area (Å²) in [6.07, 6.45) is 2.84. The van der Waals surface area contributed by atoms with E-state index in [4.69, 9.17) is 4.74 Å². The van der Waals surface area contributed by atoms with Gasteiger partial charge in [0.1, 0.15) is 5.75 Å². The molecule has 0 bridgehead atoms. The third kappa shape index (κ3) is 2.12. The van der Waals surface area contributed by atoms with Crippen LogP contribution in [0.3, 0.4) is 0 Å². The number of rotatable bonds is 4. The molecule has 0 saturated carbocycles. The van der Waals surface area contributed by atoms with E-state index in [-0.39, 0.29) is 0 Å². The lowest BCUT2D eigenvalue weighted by Gasteiger charge is -2.06. The molecule has 1 nitrogen and oxygen atoms in total. The van der Waals surface area contributed by atoms with Crippen LogP contribution in [0.2, 0.25) is 0 Å². The number of ether oxygens (including phenoxy) is 1. The van der Waals surface area contributed by atoms with Crippen molar-refractivity contribution < 1.29 is 4.74 Å². The fourth-order valence-corrected chi connectivity index (χ4v) is 0.993. The second-order valence-electron chi connectivity index (χ2n) is 2.59. The van der Waals surface area contributed by atoms with Crippen LogP contribution in [0.15, 0.2) is 30.8 Å². The minimum atomic E-state index is 0.769. The van der Waals surface area contributed by atoms with E-state index < -0.39 is 0 Å². The Morgan fingerprint density at radius 1 is 1.42 bits per heavy atom. The van der Waals surface area contributed by atoms with Crippen LogP contribution >= 0.6 is 0 Å². The van der Waals surface area contributed by atoms with Crippen molar-refractivity contribution in [1.29, 1.82) is 0 Å². The van der Waals surface area contributed by atoms with Crippen molar-refractivity contribution in [2.75, 3.05) is 6.61 Å². The fraction of sp³-hybridized carbons (Fsp3) is 0.273. The molecule has 1 aromatic carbocycles. The zero-order valence-corrected chi connectivity index (χ0v) is 7.42. The Kier molecular flexibility index (Phi) is 3.39. The summed E-state index contributed by atoms with van der Waals surface area (Å²) in [5.74, 6) is 0.925. The van der Waals surface area contributed by atoms with Crippen molar-refractivity contribution in [2.24, 2.45) is 0 Å². The molecule has 0 fully saturated rings. The van der Waals surface area contributed by atoms with Gasteiger partial charge in [0.25, 0.3) is 0 Å². The largest absolute Gasteiger partial charge is 0.493 e. The highest BCUT2D eigenvalue weighted by Gasteiger charge is 1.96. The Morgan fingerprint density at radius 2 is 2.17 bits per heavy atom. The maximum Gasteiger partial charge on any atom is 0.126 e. The lowest BCUT2D eigenvalue weighted by Crippen LogP contribution is -1.96. The van der Waals surface area contributed by atoms with Crippen LogP contribution in [0.1, 0.15) is 18.9 Å². The van der Waals surface area contributed by atoms with Gasteiger partial charge in [0, 0.05) is 5.56 Å². The summed E-state index contributed by atoms with van der Waals surface area (Å²) in [5, 5.41) is 0. The Morgan fingerprint density at radius 3 is 2.83 bits per heavy atom. The first-order valence-electron chi connectivity index (χ1n) is 4.22. The average molecular weight is 162 g/mol. The Bertz CT molecular complexity index is 253. The number of hydrogen-bond donors (Lipinski definition) is 0. The van der Waals surface area contributed by atoms with Crippen LogP contribution in [0.25, 0.3) is 6.08 Å². The average Bonchev–Trinajstić information content (AvgIpc) is 2.15. The van der Waals surface area contributed by atoms with Crippen molar-refractivity contribution in [3.63, 3.8) is 0 Å². The highest BCUT2D eigenvalue weighted by molar-refractivity contribution is 5.55. The zero-order valence-electron chi connectivity index (χ0n) is 7.42. The van der Waals surface area contributed by atoms with Gasteiger partial charge in [-0.2, -0.15) is 0 Å². The summed E-state index contributed by atoms with van der Waals surface area (Å²) in [6.45, 7) is 6.58. The molecule has 0 N–H and O–H groups in total. The normalized spacial score (nSPS) is 9.42. The Labute approximate surface area is 73.7 Å². The third-order valence-electron chi connectivity index (χ3n) is 1.60. The molecule has 12 heavy (non-hydrogen) atoms. The van der Waals surface area contributed by atoms with Gasteiger partial charge < -0.3 is 4.74 Å². The van der Waals surface area contributed by atoms with Crippen LogP contribution in [-0.2, 0) is 0 Å². The first-order valence-corrected chi connectivity index (χ1v) is 4.22. The van der Waals surface area contributed by atoms with Crippen LogP contribution in [0, 0.1) is 0 Å². The first kappa shape index (κ1) is 8.85. The summed E-state index contributed by atoms with van der Waals surface area (Å²) in [6, 6.07) is 7.92. The molecular weight excluding hydrogens is 148 g/mol. The molecule has 0 aromatic heterocycles. The molecule has 0 aliphatic carbocycles. The second-order valence-corrected chi connectivity index (χ2v) is 2.59. The van der Waals surface area contributed by atoms with Gasteiger partial charge in [0.15, 0.2) is 0 Å². The van der Waals surface area contributed by atoms with Crippen LogP contribution < -0.4 is 4.74 Å². The molecule has 1 aromatic rings. The molecule has 64 valence electrons. The van der Waals surface area contributed by atoms with Gasteiger partial charge >= 0.3 is 0 Å². The summed E-state index contributed by atoms with van der Waals surface area (Å²) in [5.41, 5.74) is 1.06. The fourth-order valence-electron chi connectivity index (χ4n) is 0.993. The summed E-state index contributed by atoms with van der Waals surface area (Å²) < 4.78 is 5.51. The van der Waals surface area contributed by atoms with E-state index in [0.29, 0.717) is 0 Å². The number of hydrogen-bond acceptors (Lipinski definition) is 1. The topological polar surface area (TPSA) is 9.23 Å². The number of para-hydroxylation sites is 1. The van der Waals surface area contributed by atoms with E-state index in [1.54, 1.807) is 0 Å². The van der Waals surface area contributed by atoms with E-state index in [1.165, 1.54) is 0 Å². The van der Waals surface area contributed by atoms with Crippen molar-refractivity contribution in [1.82, 2.24) is 0 Å². The Balaban J connectivity index is 2.75. The smallest absolute Gasteiger partial charge is 0.126 e. The van der Waals surface area contributed by atoms with Crippen molar-refractivity contribution >= 4 is 6.08 Å². The minimum absolute atomic E-state index is 0.769. The molecule has 0 atom stereocenters. The van der Waals surface area contributed by atoms with E-state index >= 15 is 0 Å². The molecule has 0 amide bonds. The van der Waals surface area contributed by atoms with Gasteiger partial charge in [-0.3, -0.25) is 0 Å². The van der Waals surface area contributed by atoms with Crippen molar-refractivity contribution in [2.45, 2.75) is 13.3 Å². The highest BCUT2D eigenvalue weighted by atomic mass is 16.5. The SMILES string of the molecule is C=Cc1ccccc1OCCC. The van der Waals surface area contributed by atoms with E-state index in [1.807, 2.05) is 30.3 Å². The monoisotopic (exact) mass is 162 g/mol. The van der Waals surface area contributed by atoms with Crippen LogP contribution in [-0.4, -0.2) is 6.61 Å². The van der Waals surface area contributed by atoms with Gasteiger partial charge in [-0.1, -0.05) is 37.8 Å². The molecule has 0 unspecified atom stereocenters. The van der Waals surface area contributed by atoms with E-state index in [9.17, 15) is 0 Å². The third-order valence-corrected chi connectivity index (χ3v) is 1.60. The highest BCUT2D eigenvalue weighted by Crippen LogP contribution is 2.18. The summed E-state index contributed by atoms with van der Waals surface area (Å²) in [7, 11) is 0. The van der Waals surface area contributed by atoms with E-state index in [2.05, 4.69) is 13.5 Å². The summed E-state index contributed by atoms with van der Waals surface area (Å²) >= 11 is 0. The maximum atomic E-state index is 5.51. The number of benzene rings is 1. The Hall–Kier alpha value is -1.24. The molecule has 0 aliphatic heterocycles. The molecule has 0 heterocycles. The van der Waals surface area contributed by atoms with Crippen molar-refractivity contribution in [3.8, 4) is 5.75 Å². The van der Waals surface area contributed by atoms with Gasteiger partial charge in [0.05, 0.1) is 6.61 Å². The standard InChI is InChI=1S/C11H14O/c1-3-9-12-11-8-6-5-7-10(11)4-2/h4-8H,2-3,9H2,1H3.